The van der Waals surface area contributed by atoms with Crippen molar-refractivity contribution < 1.29 is 28.6 Å². The van der Waals surface area contributed by atoms with Crippen molar-refractivity contribution in [2.75, 3.05) is 50.9 Å². The number of unbranched alkanes of at least 4 members (excludes halogenated alkanes) is 24. The molecule has 0 saturated carbocycles. The SMILES string of the molecule is CCCCCCCC/C=C\CCCCCCCCOC(=O)CCN(CCSSCCNC(=O)OC(C)(C)C)CCC(=O)OCCCCCCCC/C=C\CCCCCCCC. The van der Waals surface area contributed by atoms with Gasteiger partial charge in [-0.15, -0.1) is 0 Å². The van der Waals surface area contributed by atoms with E-state index in [1.165, 1.54) is 154 Å². The average molecular weight is 897 g/mol. The Morgan fingerprint density at radius 3 is 1.25 bits per heavy atom. The molecule has 0 spiro atoms. The first kappa shape index (κ1) is 59.4. The molecule has 0 aromatic heterocycles. The normalized spacial score (nSPS) is 11.9. The number of rotatable bonds is 45. The molecular weight excluding hydrogens is 801 g/mol. The Labute approximate surface area is 384 Å². The predicted molar refractivity (Wildman–Crippen MR) is 266 cm³/mol. The molecule has 1 amide bonds. The Balaban J connectivity index is 4.23. The van der Waals surface area contributed by atoms with Crippen molar-refractivity contribution in [1.29, 1.82) is 0 Å². The summed E-state index contributed by atoms with van der Waals surface area (Å²) in [5.41, 5.74) is -0.512. The number of hydrogen-bond acceptors (Lipinski definition) is 9. The third-order valence-electron chi connectivity index (χ3n) is 10.5. The number of nitrogens with zero attached hydrogens (tertiary/aromatic N) is 1. The first-order valence-electron chi connectivity index (χ1n) is 25.2. The highest BCUT2D eigenvalue weighted by atomic mass is 33.1. The zero-order valence-electron chi connectivity index (χ0n) is 40.4. The number of allylic oxidation sites excluding steroid dienone is 4. The minimum absolute atomic E-state index is 0.171. The Morgan fingerprint density at radius 1 is 0.492 bits per heavy atom. The van der Waals surface area contributed by atoms with E-state index in [0.717, 1.165) is 43.7 Å². The molecule has 1 N–H and O–H groups in total. The van der Waals surface area contributed by atoms with Crippen LogP contribution in [0.2, 0.25) is 0 Å². The quantitative estimate of drug-likeness (QED) is 0.0211. The van der Waals surface area contributed by atoms with Crippen LogP contribution in [0.3, 0.4) is 0 Å². The Bertz CT molecular complexity index is 991. The Morgan fingerprint density at radius 2 is 0.852 bits per heavy atom. The van der Waals surface area contributed by atoms with Gasteiger partial charge in [0.2, 0.25) is 0 Å². The molecule has 0 aliphatic heterocycles. The molecule has 61 heavy (non-hydrogen) atoms. The van der Waals surface area contributed by atoms with Gasteiger partial charge in [0.25, 0.3) is 0 Å². The molecule has 0 heterocycles. The molecule has 0 aliphatic carbocycles. The van der Waals surface area contributed by atoms with Gasteiger partial charge in [0.05, 0.1) is 26.1 Å². The number of carbonyl (C=O) groups is 3. The van der Waals surface area contributed by atoms with E-state index in [-0.39, 0.29) is 11.9 Å². The summed E-state index contributed by atoms with van der Waals surface area (Å²) >= 11 is 0. The van der Waals surface area contributed by atoms with E-state index >= 15 is 0 Å². The van der Waals surface area contributed by atoms with Crippen LogP contribution in [0.1, 0.15) is 227 Å². The molecule has 0 fully saturated rings. The first-order chi connectivity index (χ1) is 29.7. The second-order valence-corrected chi connectivity index (χ2v) is 20.4. The lowest BCUT2D eigenvalue weighted by Crippen LogP contribution is -2.33. The van der Waals surface area contributed by atoms with Gasteiger partial charge in [0.1, 0.15) is 5.60 Å². The molecule has 0 unspecified atom stereocenters. The summed E-state index contributed by atoms with van der Waals surface area (Å²) in [6, 6.07) is 0. The van der Waals surface area contributed by atoms with E-state index in [0.29, 0.717) is 45.7 Å². The molecular formula is C51H96N2O6S2. The van der Waals surface area contributed by atoms with Crippen molar-refractivity contribution in [1.82, 2.24) is 10.2 Å². The van der Waals surface area contributed by atoms with Gasteiger partial charge in [-0.2, -0.15) is 0 Å². The highest BCUT2D eigenvalue weighted by molar-refractivity contribution is 8.76. The van der Waals surface area contributed by atoms with Gasteiger partial charge in [-0.25, -0.2) is 4.79 Å². The number of alkyl carbamates (subject to hydrolysis) is 1. The molecule has 358 valence electrons. The molecule has 0 aromatic rings. The third-order valence-corrected chi connectivity index (χ3v) is 12.9. The van der Waals surface area contributed by atoms with E-state index < -0.39 is 11.7 Å². The molecule has 10 heteroatoms. The maximum Gasteiger partial charge on any atom is 0.407 e. The topological polar surface area (TPSA) is 94.2 Å². The van der Waals surface area contributed by atoms with Crippen molar-refractivity contribution in [3.8, 4) is 0 Å². The molecule has 0 rings (SSSR count). The second-order valence-electron chi connectivity index (χ2n) is 17.7. The van der Waals surface area contributed by atoms with Crippen molar-refractivity contribution >= 4 is 39.6 Å². The van der Waals surface area contributed by atoms with Crippen molar-refractivity contribution in [3.63, 3.8) is 0 Å². The molecule has 0 radical (unpaired) electrons. The van der Waals surface area contributed by atoms with Crippen LogP contribution in [0, 0.1) is 0 Å². The highest BCUT2D eigenvalue weighted by Gasteiger charge is 2.16. The van der Waals surface area contributed by atoms with E-state index in [1.807, 2.05) is 20.8 Å². The van der Waals surface area contributed by atoms with Crippen LogP contribution >= 0.6 is 21.6 Å². The maximum absolute atomic E-state index is 12.6. The fraction of sp³-hybridized carbons (Fsp3) is 0.863. The molecule has 0 saturated heterocycles. The smallest absolute Gasteiger partial charge is 0.407 e. The first-order valence-corrected chi connectivity index (χ1v) is 27.7. The average Bonchev–Trinajstić information content (AvgIpc) is 3.22. The summed E-state index contributed by atoms with van der Waals surface area (Å²) in [6.45, 7) is 13.4. The van der Waals surface area contributed by atoms with Crippen molar-refractivity contribution in [2.24, 2.45) is 0 Å². The summed E-state index contributed by atoms with van der Waals surface area (Å²) < 4.78 is 16.4. The number of carbonyl (C=O) groups excluding carboxylic acids is 3. The number of esters is 2. The lowest BCUT2D eigenvalue weighted by Gasteiger charge is -2.21. The number of ether oxygens (including phenoxy) is 3. The number of amides is 1. The summed E-state index contributed by atoms with van der Waals surface area (Å²) in [5, 5.41) is 2.79. The molecule has 0 aromatic carbocycles. The van der Waals surface area contributed by atoms with Crippen LogP contribution in [0.5, 0.6) is 0 Å². The fourth-order valence-corrected chi connectivity index (χ4v) is 8.78. The molecule has 0 atom stereocenters. The lowest BCUT2D eigenvalue weighted by atomic mass is 10.1. The van der Waals surface area contributed by atoms with Crippen LogP contribution in [-0.2, 0) is 23.8 Å². The Kier molecular flexibility index (Phi) is 45.1. The number of nitrogens with one attached hydrogen (secondary N) is 1. The minimum atomic E-state index is -0.512. The predicted octanol–water partition coefficient (Wildman–Crippen LogP) is 15.1. The number of hydrogen-bond donors (Lipinski definition) is 1. The van der Waals surface area contributed by atoms with Crippen LogP contribution in [0.15, 0.2) is 24.3 Å². The van der Waals surface area contributed by atoms with Crippen LogP contribution in [0.25, 0.3) is 0 Å². The molecule has 0 aliphatic rings. The monoisotopic (exact) mass is 897 g/mol. The van der Waals surface area contributed by atoms with Gasteiger partial charge in [0, 0.05) is 37.7 Å². The molecule has 0 bridgehead atoms. The largest absolute Gasteiger partial charge is 0.466 e. The fourth-order valence-electron chi connectivity index (χ4n) is 6.84. The van der Waals surface area contributed by atoms with Crippen LogP contribution in [0.4, 0.5) is 4.79 Å². The zero-order valence-corrected chi connectivity index (χ0v) is 42.0. The van der Waals surface area contributed by atoms with E-state index in [2.05, 4.69) is 48.4 Å². The summed E-state index contributed by atoms with van der Waals surface area (Å²) in [5.74, 6) is 1.26. The third kappa shape index (κ3) is 49.2. The lowest BCUT2D eigenvalue weighted by molar-refractivity contribution is -0.144. The standard InChI is InChI=1S/C51H96N2O6S2/c1-6-8-10-12-14-16-18-20-22-24-26-28-30-32-34-36-44-57-48(54)38-41-53(43-47-61-60-46-40-52-50(56)59-51(3,4)5)42-39-49(55)58-45-37-35-33-31-29-27-25-23-21-19-17-15-13-11-9-7-2/h20-23H,6-19,24-47H2,1-5H3,(H,52,56)/b22-20-,23-21-. The summed E-state index contributed by atoms with van der Waals surface area (Å²) in [4.78, 5) is 39.3. The molecule has 8 nitrogen and oxygen atoms in total. The van der Waals surface area contributed by atoms with E-state index in [9.17, 15) is 14.4 Å². The van der Waals surface area contributed by atoms with Gasteiger partial charge < -0.3 is 24.4 Å². The van der Waals surface area contributed by atoms with Crippen LogP contribution in [-0.4, -0.2) is 79.4 Å². The minimum Gasteiger partial charge on any atom is -0.466 e. The van der Waals surface area contributed by atoms with Gasteiger partial charge in [-0.3, -0.25) is 9.59 Å². The zero-order chi connectivity index (χ0) is 44.8. The maximum atomic E-state index is 12.6. The Hall–Kier alpha value is -1.65. The van der Waals surface area contributed by atoms with Gasteiger partial charge in [-0.1, -0.05) is 175 Å². The van der Waals surface area contributed by atoms with Crippen molar-refractivity contribution in [2.45, 2.75) is 233 Å². The van der Waals surface area contributed by atoms with Crippen molar-refractivity contribution in [3.05, 3.63) is 24.3 Å². The van der Waals surface area contributed by atoms with E-state index in [1.54, 1.807) is 21.6 Å². The van der Waals surface area contributed by atoms with Crippen LogP contribution < -0.4 is 5.32 Å². The van der Waals surface area contributed by atoms with E-state index in [4.69, 9.17) is 14.2 Å². The van der Waals surface area contributed by atoms with Gasteiger partial charge in [0.15, 0.2) is 0 Å². The highest BCUT2D eigenvalue weighted by Crippen LogP contribution is 2.21. The summed E-state index contributed by atoms with van der Waals surface area (Å²) in [7, 11) is 3.42. The van der Waals surface area contributed by atoms with Gasteiger partial charge >= 0.3 is 18.0 Å². The second kappa shape index (κ2) is 46.3. The van der Waals surface area contributed by atoms with Gasteiger partial charge in [-0.05, 0) is 85.0 Å². The summed E-state index contributed by atoms with van der Waals surface area (Å²) in [6.07, 6.45) is 44.8.